The molecule has 0 atom stereocenters. The fraction of sp³-hybridized carbons (Fsp3) is 0.440. The monoisotopic (exact) mass is 365 g/mol. The smallest absolute Gasteiger partial charge is 0.0748 e. The van der Waals surface area contributed by atoms with Gasteiger partial charge in [0.25, 0.3) is 0 Å². The van der Waals surface area contributed by atoms with Crippen molar-refractivity contribution in [3.8, 4) is 0 Å². The summed E-state index contributed by atoms with van der Waals surface area (Å²) in [6.45, 7) is 3.98. The first kappa shape index (κ1) is 21.2. The van der Waals surface area contributed by atoms with Crippen molar-refractivity contribution in [2.75, 3.05) is 18.2 Å². The normalized spacial score (nSPS) is 11.1. The molecule has 0 aromatic heterocycles. The summed E-state index contributed by atoms with van der Waals surface area (Å²) in [6, 6.07) is 21.0. The summed E-state index contributed by atoms with van der Waals surface area (Å²) < 4.78 is 0. The Labute approximate surface area is 165 Å². The Morgan fingerprint density at radius 3 is 2.19 bits per heavy atom. The number of allylic oxidation sites excluding steroid dienone is 1. The van der Waals surface area contributed by atoms with E-state index in [0.29, 0.717) is 0 Å². The highest BCUT2D eigenvalue weighted by molar-refractivity contribution is 5.48. The van der Waals surface area contributed by atoms with Crippen LogP contribution in [0.3, 0.4) is 0 Å². The van der Waals surface area contributed by atoms with Crippen molar-refractivity contribution in [1.29, 1.82) is 0 Å². The van der Waals surface area contributed by atoms with Crippen LogP contribution < -0.4 is 5.06 Å². The third-order valence-corrected chi connectivity index (χ3v) is 4.63. The summed E-state index contributed by atoms with van der Waals surface area (Å²) in [5.41, 5.74) is 2.46. The molecule has 0 saturated carbocycles. The van der Waals surface area contributed by atoms with Gasteiger partial charge in [0.05, 0.1) is 12.3 Å². The maximum absolute atomic E-state index is 5.99. The number of hydrogen-bond acceptors (Lipinski definition) is 2. The van der Waals surface area contributed by atoms with E-state index in [1.54, 1.807) is 0 Å². The number of hydroxylamine groups is 1. The fourth-order valence-electron chi connectivity index (χ4n) is 3.01. The highest BCUT2D eigenvalue weighted by Gasteiger charge is 2.06. The van der Waals surface area contributed by atoms with Gasteiger partial charge < -0.3 is 0 Å². The molecule has 0 radical (unpaired) electrons. The van der Waals surface area contributed by atoms with Crippen LogP contribution in [0.15, 0.2) is 66.7 Å². The van der Waals surface area contributed by atoms with Crippen molar-refractivity contribution in [1.82, 2.24) is 0 Å². The van der Waals surface area contributed by atoms with E-state index >= 15 is 0 Å². The van der Waals surface area contributed by atoms with E-state index in [-0.39, 0.29) is 0 Å². The number of rotatable bonds is 14. The molecule has 27 heavy (non-hydrogen) atoms. The van der Waals surface area contributed by atoms with Gasteiger partial charge in [0.2, 0.25) is 0 Å². The molecule has 0 saturated heterocycles. The number of unbranched alkanes of at least 4 members (excludes halogenated alkanes) is 6. The van der Waals surface area contributed by atoms with Gasteiger partial charge in [0.15, 0.2) is 0 Å². The van der Waals surface area contributed by atoms with Crippen LogP contribution in [0.5, 0.6) is 0 Å². The number of benzene rings is 2. The zero-order valence-electron chi connectivity index (χ0n) is 16.9. The molecule has 0 aliphatic carbocycles. The Balaban J connectivity index is 1.57. The minimum Gasteiger partial charge on any atom is -0.273 e. The first-order chi connectivity index (χ1) is 13.4. The van der Waals surface area contributed by atoms with Crippen molar-refractivity contribution in [3.05, 3.63) is 72.3 Å². The molecule has 0 unspecified atom stereocenters. The molecule has 2 heteroatoms. The summed E-state index contributed by atoms with van der Waals surface area (Å²) in [4.78, 5) is 5.99. The molecule has 2 nitrogen and oxygen atoms in total. The van der Waals surface area contributed by atoms with Gasteiger partial charge in [-0.15, -0.1) is 0 Å². The molecule has 2 aromatic rings. The van der Waals surface area contributed by atoms with Crippen LogP contribution in [-0.4, -0.2) is 13.2 Å². The first-order valence-electron chi connectivity index (χ1n) is 10.6. The summed E-state index contributed by atoms with van der Waals surface area (Å²) in [6.07, 6.45) is 14.3. The lowest BCUT2D eigenvalue weighted by molar-refractivity contribution is 0.104. The molecule has 0 fully saturated rings. The number of hydrogen-bond donors (Lipinski definition) is 0. The predicted octanol–water partition coefficient (Wildman–Crippen LogP) is 7.28. The Morgan fingerprint density at radius 1 is 0.778 bits per heavy atom. The standard InChI is InChI=1S/C25H35NO/c1-2-3-23-27-26(25-20-14-10-15-21-25)22-16-8-6-4-5-7-11-17-24-18-12-9-13-19-24/h9-15,17-21H,2-8,16,22-23H2,1H3. The maximum atomic E-state index is 5.99. The third kappa shape index (κ3) is 9.44. The Hall–Kier alpha value is -2.06. The Bertz CT molecular complexity index is 609. The van der Waals surface area contributed by atoms with E-state index in [1.165, 1.54) is 56.2 Å². The third-order valence-electron chi connectivity index (χ3n) is 4.63. The van der Waals surface area contributed by atoms with E-state index in [2.05, 4.69) is 84.8 Å². The summed E-state index contributed by atoms with van der Waals surface area (Å²) in [5, 5.41) is 2.08. The van der Waals surface area contributed by atoms with Crippen LogP contribution in [0.1, 0.15) is 63.9 Å². The van der Waals surface area contributed by atoms with Gasteiger partial charge in [-0.2, -0.15) is 0 Å². The van der Waals surface area contributed by atoms with Crippen molar-refractivity contribution in [3.63, 3.8) is 0 Å². The second-order valence-electron chi connectivity index (χ2n) is 6.99. The minimum absolute atomic E-state index is 0.805. The van der Waals surface area contributed by atoms with E-state index < -0.39 is 0 Å². The van der Waals surface area contributed by atoms with E-state index in [4.69, 9.17) is 4.84 Å². The Kier molecular flexibility index (Phi) is 11.1. The molecular formula is C25H35NO. The van der Waals surface area contributed by atoms with Crippen LogP contribution in [-0.2, 0) is 4.84 Å². The molecule has 0 N–H and O–H groups in total. The van der Waals surface area contributed by atoms with Crippen molar-refractivity contribution >= 4 is 11.8 Å². The van der Waals surface area contributed by atoms with Gasteiger partial charge >= 0.3 is 0 Å². The number of nitrogens with zero attached hydrogens (tertiary/aromatic N) is 1. The lowest BCUT2D eigenvalue weighted by Crippen LogP contribution is -2.25. The summed E-state index contributed by atoms with van der Waals surface area (Å²) in [7, 11) is 0. The molecule has 2 aromatic carbocycles. The molecule has 0 aliphatic heterocycles. The van der Waals surface area contributed by atoms with Crippen molar-refractivity contribution in [2.24, 2.45) is 0 Å². The highest BCUT2D eigenvalue weighted by atomic mass is 16.7. The average Bonchev–Trinajstić information content (AvgIpc) is 2.72. The summed E-state index contributed by atoms with van der Waals surface area (Å²) in [5.74, 6) is 0. The zero-order chi connectivity index (χ0) is 19.0. The number of anilines is 1. The number of para-hydroxylation sites is 1. The summed E-state index contributed by atoms with van der Waals surface area (Å²) >= 11 is 0. The van der Waals surface area contributed by atoms with Crippen molar-refractivity contribution < 1.29 is 4.84 Å². The van der Waals surface area contributed by atoms with Gasteiger partial charge in [0.1, 0.15) is 0 Å². The van der Waals surface area contributed by atoms with Gasteiger partial charge in [-0.1, -0.05) is 93.3 Å². The van der Waals surface area contributed by atoms with Gasteiger partial charge in [-0.25, -0.2) is 0 Å². The SMILES string of the molecule is CCCCON(CCCCCCCC=Cc1ccccc1)c1ccccc1. The predicted molar refractivity (Wildman–Crippen MR) is 118 cm³/mol. The lowest BCUT2D eigenvalue weighted by Gasteiger charge is -2.24. The fourth-order valence-corrected chi connectivity index (χ4v) is 3.01. The van der Waals surface area contributed by atoms with E-state index in [9.17, 15) is 0 Å². The second-order valence-corrected chi connectivity index (χ2v) is 6.99. The van der Waals surface area contributed by atoms with Crippen LogP contribution in [0, 0.1) is 0 Å². The van der Waals surface area contributed by atoms with Crippen molar-refractivity contribution in [2.45, 2.75) is 58.3 Å². The molecule has 146 valence electrons. The van der Waals surface area contributed by atoms with Gasteiger partial charge in [0, 0.05) is 6.54 Å². The maximum Gasteiger partial charge on any atom is 0.0748 e. The average molecular weight is 366 g/mol. The van der Waals surface area contributed by atoms with E-state index in [0.717, 1.165) is 19.6 Å². The molecule has 0 amide bonds. The highest BCUT2D eigenvalue weighted by Crippen LogP contribution is 2.16. The quantitative estimate of drug-likeness (QED) is 0.258. The molecular weight excluding hydrogens is 330 g/mol. The first-order valence-corrected chi connectivity index (χ1v) is 10.6. The second kappa shape index (κ2) is 14.1. The van der Waals surface area contributed by atoms with Gasteiger partial charge in [-0.05, 0) is 43.4 Å². The lowest BCUT2D eigenvalue weighted by atomic mass is 10.1. The molecule has 0 spiro atoms. The van der Waals surface area contributed by atoms with Gasteiger partial charge in [-0.3, -0.25) is 9.90 Å². The van der Waals surface area contributed by atoms with Crippen LogP contribution in [0.2, 0.25) is 0 Å². The molecule has 0 bridgehead atoms. The molecule has 2 rings (SSSR count). The Morgan fingerprint density at radius 2 is 1.44 bits per heavy atom. The van der Waals surface area contributed by atoms with Crippen LogP contribution in [0.4, 0.5) is 5.69 Å². The minimum atomic E-state index is 0.805. The molecule has 0 heterocycles. The largest absolute Gasteiger partial charge is 0.273 e. The van der Waals surface area contributed by atoms with Crippen LogP contribution in [0.25, 0.3) is 6.08 Å². The van der Waals surface area contributed by atoms with Crippen LogP contribution >= 0.6 is 0 Å². The zero-order valence-corrected chi connectivity index (χ0v) is 16.9. The topological polar surface area (TPSA) is 12.5 Å². The van der Waals surface area contributed by atoms with E-state index in [1.807, 2.05) is 0 Å². The molecule has 0 aliphatic rings.